The first-order valence-electron chi connectivity index (χ1n) is 7.95. The van der Waals surface area contributed by atoms with Gasteiger partial charge in [0.2, 0.25) is 0 Å². The van der Waals surface area contributed by atoms with Gasteiger partial charge in [0.15, 0.2) is 5.78 Å². The second kappa shape index (κ2) is 6.57. The number of nitrogens with zero attached hydrogens (tertiary/aromatic N) is 1. The van der Waals surface area contributed by atoms with Crippen molar-refractivity contribution in [2.45, 2.75) is 18.4 Å². The highest BCUT2D eigenvalue weighted by Crippen LogP contribution is 2.22. The van der Waals surface area contributed by atoms with Crippen LogP contribution in [-0.4, -0.2) is 33.2 Å². The lowest BCUT2D eigenvalue weighted by molar-refractivity contribution is -0.110. The maximum absolute atomic E-state index is 12.1. The first-order valence-corrected chi connectivity index (χ1v) is 7.95. The lowest BCUT2D eigenvalue weighted by Crippen LogP contribution is -2.29. The predicted molar refractivity (Wildman–Crippen MR) is 93.8 cm³/mol. The van der Waals surface area contributed by atoms with E-state index >= 15 is 0 Å². The summed E-state index contributed by atoms with van der Waals surface area (Å²) in [7, 11) is 3.31. The highest BCUT2D eigenvalue weighted by molar-refractivity contribution is 6.00. The fourth-order valence-electron chi connectivity index (χ4n) is 2.88. The molecule has 0 saturated heterocycles. The molecule has 6 heteroatoms. The van der Waals surface area contributed by atoms with E-state index in [1.165, 1.54) is 24.3 Å². The summed E-state index contributed by atoms with van der Waals surface area (Å²) in [6.45, 7) is 0. The molecular formula is C19H20N2O4. The van der Waals surface area contributed by atoms with Crippen LogP contribution in [0.15, 0.2) is 53.4 Å². The van der Waals surface area contributed by atoms with Gasteiger partial charge in [-0.25, -0.2) is 4.79 Å². The number of allylic oxidation sites excluding steroid dienone is 2. The van der Waals surface area contributed by atoms with Gasteiger partial charge in [-0.05, 0) is 42.0 Å². The van der Waals surface area contributed by atoms with E-state index in [-0.39, 0.29) is 17.9 Å². The van der Waals surface area contributed by atoms with Crippen molar-refractivity contribution < 1.29 is 14.6 Å². The Bertz CT molecular complexity index is 884. The molecule has 0 fully saturated rings. The van der Waals surface area contributed by atoms with E-state index in [4.69, 9.17) is 4.74 Å². The van der Waals surface area contributed by atoms with E-state index in [9.17, 15) is 14.7 Å². The topological polar surface area (TPSA) is 84.3 Å². The van der Waals surface area contributed by atoms with Crippen LogP contribution in [0.3, 0.4) is 0 Å². The third kappa shape index (κ3) is 3.64. The molecule has 0 radical (unpaired) electrons. The molecule has 1 aliphatic carbocycles. The number of ketones is 1. The number of hydrogen-bond donors (Lipinski definition) is 2. The van der Waals surface area contributed by atoms with Gasteiger partial charge < -0.3 is 14.8 Å². The van der Waals surface area contributed by atoms with Crippen molar-refractivity contribution in [1.82, 2.24) is 9.55 Å². The maximum Gasteiger partial charge on any atom is 0.325 e. The number of H-pyrrole nitrogens is 1. The average Bonchev–Trinajstić information content (AvgIpc) is 2.86. The summed E-state index contributed by atoms with van der Waals surface area (Å²) in [5.74, 6) is 0.605. The Balaban J connectivity index is 1.89. The second-order valence-electron chi connectivity index (χ2n) is 6.18. The van der Waals surface area contributed by atoms with Crippen molar-refractivity contribution in [2.75, 3.05) is 7.11 Å². The molecule has 0 spiro atoms. The minimum atomic E-state index is -1.28. The summed E-state index contributed by atoms with van der Waals surface area (Å²) in [4.78, 5) is 26.1. The van der Waals surface area contributed by atoms with E-state index in [0.29, 0.717) is 12.1 Å². The fraction of sp³-hybridized carbons (Fsp3) is 0.263. The molecule has 25 heavy (non-hydrogen) atoms. The molecular weight excluding hydrogens is 320 g/mol. The van der Waals surface area contributed by atoms with E-state index in [1.807, 2.05) is 24.3 Å². The number of carbonyl (C=O) groups excluding carboxylic acids is 1. The van der Waals surface area contributed by atoms with E-state index < -0.39 is 5.60 Å². The van der Waals surface area contributed by atoms with Gasteiger partial charge in [0.25, 0.3) is 0 Å². The van der Waals surface area contributed by atoms with Crippen molar-refractivity contribution in [3.63, 3.8) is 0 Å². The van der Waals surface area contributed by atoms with Crippen molar-refractivity contribution in [2.24, 2.45) is 7.05 Å². The molecule has 6 nitrogen and oxygen atoms in total. The van der Waals surface area contributed by atoms with Gasteiger partial charge in [-0.2, -0.15) is 0 Å². The van der Waals surface area contributed by atoms with Gasteiger partial charge >= 0.3 is 5.69 Å². The standard InChI is InChI=1S/C19H20N2O4/c1-21-17(11-13-3-5-15(25-2)6-4-13)16(20-18(21)23)12-19(24)9-7-14(22)8-10-19/h3-10,24H,11-12H2,1-2H3,(H,20,23). The molecule has 0 unspecified atom stereocenters. The van der Waals surface area contributed by atoms with Gasteiger partial charge in [0.05, 0.1) is 7.11 Å². The Labute approximate surface area is 145 Å². The van der Waals surface area contributed by atoms with Crippen LogP contribution >= 0.6 is 0 Å². The number of methoxy groups -OCH3 is 1. The number of hydrogen-bond acceptors (Lipinski definition) is 4. The smallest absolute Gasteiger partial charge is 0.325 e. The molecule has 0 atom stereocenters. The molecule has 0 saturated carbocycles. The molecule has 3 rings (SSSR count). The summed E-state index contributed by atoms with van der Waals surface area (Å²) < 4.78 is 6.70. The molecule has 1 heterocycles. The molecule has 1 aliphatic rings. The van der Waals surface area contributed by atoms with E-state index in [0.717, 1.165) is 17.0 Å². The molecule has 2 N–H and O–H groups in total. The van der Waals surface area contributed by atoms with Crippen LogP contribution < -0.4 is 10.4 Å². The first-order chi connectivity index (χ1) is 11.9. The molecule has 1 aromatic carbocycles. The highest BCUT2D eigenvalue weighted by atomic mass is 16.5. The SMILES string of the molecule is COc1ccc(Cc2c(CC3(O)C=CC(=O)C=C3)[nH]c(=O)n2C)cc1. The summed E-state index contributed by atoms with van der Waals surface area (Å²) in [5.41, 5.74) is 0.944. The van der Waals surface area contributed by atoms with Gasteiger partial charge in [-0.1, -0.05) is 12.1 Å². The van der Waals surface area contributed by atoms with Gasteiger partial charge in [-0.15, -0.1) is 0 Å². The van der Waals surface area contributed by atoms with Gasteiger partial charge in [0, 0.05) is 31.3 Å². The van der Waals surface area contributed by atoms with Gasteiger partial charge in [-0.3, -0.25) is 9.36 Å². The number of aromatic nitrogens is 2. The van der Waals surface area contributed by atoms with Crippen LogP contribution in [0.4, 0.5) is 0 Å². The lowest BCUT2D eigenvalue weighted by atomic mass is 9.91. The Morgan fingerprint density at radius 3 is 2.40 bits per heavy atom. The summed E-state index contributed by atoms with van der Waals surface area (Å²) in [6.07, 6.45) is 6.32. The fourth-order valence-corrected chi connectivity index (χ4v) is 2.88. The highest BCUT2D eigenvalue weighted by Gasteiger charge is 2.27. The summed E-state index contributed by atoms with van der Waals surface area (Å²) >= 11 is 0. The number of aromatic amines is 1. The molecule has 0 bridgehead atoms. The van der Waals surface area contributed by atoms with Crippen LogP contribution in [0.1, 0.15) is 17.0 Å². The van der Waals surface area contributed by atoms with Crippen LogP contribution in [-0.2, 0) is 24.7 Å². The number of nitrogens with one attached hydrogen (secondary N) is 1. The zero-order valence-corrected chi connectivity index (χ0v) is 14.2. The van der Waals surface area contributed by atoms with Crippen molar-refractivity contribution in [1.29, 1.82) is 0 Å². The average molecular weight is 340 g/mol. The molecule has 0 aliphatic heterocycles. The third-order valence-corrected chi connectivity index (χ3v) is 4.38. The number of aliphatic hydroxyl groups is 1. The van der Waals surface area contributed by atoms with Gasteiger partial charge in [0.1, 0.15) is 11.4 Å². The van der Waals surface area contributed by atoms with E-state index in [2.05, 4.69) is 4.98 Å². The monoisotopic (exact) mass is 340 g/mol. The number of benzene rings is 1. The first kappa shape index (κ1) is 17.0. The lowest BCUT2D eigenvalue weighted by Gasteiger charge is -2.22. The van der Waals surface area contributed by atoms with Crippen molar-refractivity contribution in [3.8, 4) is 5.75 Å². The Kier molecular flexibility index (Phi) is 4.46. The maximum atomic E-state index is 12.1. The zero-order valence-electron chi connectivity index (χ0n) is 14.2. The predicted octanol–water partition coefficient (Wildman–Crippen LogP) is 1.28. The molecule has 130 valence electrons. The quantitative estimate of drug-likeness (QED) is 0.859. The molecule has 0 amide bonds. The van der Waals surface area contributed by atoms with E-state index in [1.54, 1.807) is 18.7 Å². The Morgan fingerprint density at radius 2 is 1.80 bits per heavy atom. The summed E-state index contributed by atoms with van der Waals surface area (Å²) in [6, 6.07) is 7.61. The Hall–Kier alpha value is -2.86. The van der Waals surface area contributed by atoms with Crippen LogP contribution in [0.25, 0.3) is 0 Å². The molecule has 1 aromatic heterocycles. The van der Waals surface area contributed by atoms with Crippen LogP contribution in [0.2, 0.25) is 0 Å². The van der Waals surface area contributed by atoms with Crippen LogP contribution in [0.5, 0.6) is 5.75 Å². The Morgan fingerprint density at radius 1 is 1.16 bits per heavy atom. The number of ether oxygens (including phenoxy) is 1. The number of imidazole rings is 1. The van der Waals surface area contributed by atoms with Crippen molar-refractivity contribution >= 4 is 5.78 Å². The number of carbonyl (C=O) groups is 1. The third-order valence-electron chi connectivity index (χ3n) is 4.38. The largest absolute Gasteiger partial charge is 0.497 e. The normalized spacial score (nSPS) is 15.6. The van der Waals surface area contributed by atoms with Crippen molar-refractivity contribution in [3.05, 3.63) is 76.0 Å². The minimum Gasteiger partial charge on any atom is -0.497 e. The van der Waals surface area contributed by atoms with Crippen LogP contribution in [0, 0.1) is 0 Å². The zero-order chi connectivity index (χ0) is 18.0. The molecule has 2 aromatic rings. The second-order valence-corrected chi connectivity index (χ2v) is 6.18. The minimum absolute atomic E-state index is 0.162. The number of rotatable bonds is 5. The summed E-state index contributed by atoms with van der Waals surface area (Å²) in [5, 5.41) is 10.6.